The molecule has 1 heterocycles. The van der Waals surface area contributed by atoms with E-state index in [1.165, 1.54) is 11.1 Å². The lowest BCUT2D eigenvalue weighted by Crippen LogP contribution is -2.50. The first-order valence-electron chi connectivity index (χ1n) is 7.31. The molecular weight excluding hydrogens is 252 g/mol. The Morgan fingerprint density at radius 2 is 2.15 bits per heavy atom. The zero-order valence-electron chi connectivity index (χ0n) is 12.7. The molecular formula is C16H26N2O2. The summed E-state index contributed by atoms with van der Waals surface area (Å²) in [5.41, 5.74) is 8.58. The minimum atomic E-state index is 0.225. The Morgan fingerprint density at radius 1 is 1.40 bits per heavy atom. The highest BCUT2D eigenvalue weighted by Crippen LogP contribution is 2.28. The standard InChI is InChI=1S/C16H26N2O2/c1-12-10-20-13(2)9-18(12)16(8-17)15-7-5-4-6-14(15)11-19-3/h4-7,12-13,16H,8-11,17H2,1-3H3. The molecule has 3 atom stereocenters. The fourth-order valence-electron chi connectivity index (χ4n) is 2.95. The Morgan fingerprint density at radius 3 is 2.85 bits per heavy atom. The normalized spacial score (nSPS) is 25.6. The highest BCUT2D eigenvalue weighted by atomic mass is 16.5. The van der Waals surface area contributed by atoms with Gasteiger partial charge in [0.05, 0.1) is 19.3 Å². The van der Waals surface area contributed by atoms with Crippen LogP contribution in [0.1, 0.15) is 31.0 Å². The molecule has 1 fully saturated rings. The van der Waals surface area contributed by atoms with Crippen molar-refractivity contribution in [3.05, 3.63) is 35.4 Å². The number of benzene rings is 1. The van der Waals surface area contributed by atoms with Crippen LogP contribution in [0.3, 0.4) is 0 Å². The number of morpholine rings is 1. The molecule has 1 aromatic rings. The first-order valence-corrected chi connectivity index (χ1v) is 7.31. The van der Waals surface area contributed by atoms with Gasteiger partial charge in [0.25, 0.3) is 0 Å². The van der Waals surface area contributed by atoms with E-state index >= 15 is 0 Å². The van der Waals surface area contributed by atoms with Gasteiger partial charge in [-0.25, -0.2) is 0 Å². The topological polar surface area (TPSA) is 47.7 Å². The van der Waals surface area contributed by atoms with Gasteiger partial charge in [-0.15, -0.1) is 0 Å². The van der Waals surface area contributed by atoms with Crippen LogP contribution in [0.25, 0.3) is 0 Å². The summed E-state index contributed by atoms with van der Waals surface area (Å²) >= 11 is 0. The number of methoxy groups -OCH3 is 1. The second-order valence-electron chi connectivity index (χ2n) is 5.57. The van der Waals surface area contributed by atoms with Crippen LogP contribution in [0, 0.1) is 0 Å². The van der Waals surface area contributed by atoms with Gasteiger partial charge >= 0.3 is 0 Å². The van der Waals surface area contributed by atoms with Crippen LogP contribution in [0.5, 0.6) is 0 Å². The van der Waals surface area contributed by atoms with Crippen molar-refractivity contribution in [1.29, 1.82) is 0 Å². The Bertz CT molecular complexity index is 425. The second kappa shape index (κ2) is 7.18. The summed E-state index contributed by atoms with van der Waals surface area (Å²) < 4.78 is 11.0. The first-order chi connectivity index (χ1) is 9.67. The Labute approximate surface area is 121 Å². The van der Waals surface area contributed by atoms with Crippen molar-refractivity contribution in [2.45, 2.75) is 38.6 Å². The maximum absolute atomic E-state index is 6.09. The van der Waals surface area contributed by atoms with E-state index in [-0.39, 0.29) is 12.1 Å². The molecule has 0 bridgehead atoms. The van der Waals surface area contributed by atoms with Gasteiger partial charge in [0.1, 0.15) is 0 Å². The van der Waals surface area contributed by atoms with E-state index in [0.717, 1.165) is 13.2 Å². The Balaban J connectivity index is 2.27. The van der Waals surface area contributed by atoms with Crippen LogP contribution in [0.2, 0.25) is 0 Å². The molecule has 0 radical (unpaired) electrons. The molecule has 1 aromatic carbocycles. The monoisotopic (exact) mass is 278 g/mol. The minimum absolute atomic E-state index is 0.225. The van der Waals surface area contributed by atoms with Crippen molar-refractivity contribution in [2.75, 3.05) is 26.8 Å². The van der Waals surface area contributed by atoms with E-state index < -0.39 is 0 Å². The predicted molar refractivity (Wildman–Crippen MR) is 80.5 cm³/mol. The summed E-state index contributed by atoms with van der Waals surface area (Å²) in [6.45, 7) is 7.24. The van der Waals surface area contributed by atoms with E-state index in [4.69, 9.17) is 15.2 Å². The maximum atomic E-state index is 6.09. The van der Waals surface area contributed by atoms with Crippen molar-refractivity contribution in [2.24, 2.45) is 5.73 Å². The number of nitrogens with two attached hydrogens (primary N) is 1. The summed E-state index contributed by atoms with van der Waals surface area (Å²) in [6, 6.07) is 9.02. The predicted octanol–water partition coefficient (Wildman–Crippen LogP) is 1.94. The lowest BCUT2D eigenvalue weighted by molar-refractivity contribution is -0.0656. The van der Waals surface area contributed by atoms with Gasteiger partial charge < -0.3 is 15.2 Å². The van der Waals surface area contributed by atoms with Crippen LogP contribution in [0.4, 0.5) is 0 Å². The Hall–Kier alpha value is -0.940. The van der Waals surface area contributed by atoms with E-state index in [9.17, 15) is 0 Å². The van der Waals surface area contributed by atoms with E-state index in [0.29, 0.717) is 19.2 Å². The summed E-state index contributed by atoms with van der Waals surface area (Å²) in [5.74, 6) is 0. The average molecular weight is 278 g/mol. The molecule has 1 aliphatic heterocycles. The molecule has 20 heavy (non-hydrogen) atoms. The number of hydrogen-bond acceptors (Lipinski definition) is 4. The summed E-state index contributed by atoms with van der Waals surface area (Å²) in [5, 5.41) is 0. The third kappa shape index (κ3) is 3.38. The molecule has 1 aliphatic rings. The van der Waals surface area contributed by atoms with Crippen LogP contribution >= 0.6 is 0 Å². The Kier molecular flexibility index (Phi) is 5.54. The van der Waals surface area contributed by atoms with E-state index in [1.54, 1.807) is 7.11 Å². The van der Waals surface area contributed by atoms with Gasteiger partial charge in [-0.05, 0) is 25.0 Å². The van der Waals surface area contributed by atoms with Crippen LogP contribution in [0.15, 0.2) is 24.3 Å². The molecule has 0 aromatic heterocycles. The van der Waals surface area contributed by atoms with Crippen LogP contribution in [-0.4, -0.2) is 43.9 Å². The largest absolute Gasteiger partial charge is 0.380 e. The lowest BCUT2D eigenvalue weighted by Gasteiger charge is -2.42. The molecule has 4 heteroatoms. The number of ether oxygens (including phenoxy) is 2. The highest BCUT2D eigenvalue weighted by molar-refractivity contribution is 5.30. The molecule has 0 aliphatic carbocycles. The fraction of sp³-hybridized carbons (Fsp3) is 0.625. The van der Waals surface area contributed by atoms with Crippen molar-refractivity contribution >= 4 is 0 Å². The second-order valence-corrected chi connectivity index (χ2v) is 5.57. The third-order valence-corrected chi connectivity index (χ3v) is 3.99. The highest BCUT2D eigenvalue weighted by Gasteiger charge is 2.30. The molecule has 0 amide bonds. The van der Waals surface area contributed by atoms with Crippen molar-refractivity contribution in [3.63, 3.8) is 0 Å². The molecule has 1 saturated heterocycles. The fourth-order valence-corrected chi connectivity index (χ4v) is 2.95. The zero-order chi connectivity index (χ0) is 14.5. The first kappa shape index (κ1) is 15.4. The van der Waals surface area contributed by atoms with Gasteiger partial charge in [-0.2, -0.15) is 0 Å². The molecule has 2 N–H and O–H groups in total. The van der Waals surface area contributed by atoms with Gasteiger partial charge in [-0.3, -0.25) is 4.90 Å². The van der Waals surface area contributed by atoms with E-state index in [1.807, 2.05) is 0 Å². The minimum Gasteiger partial charge on any atom is -0.380 e. The quantitative estimate of drug-likeness (QED) is 0.894. The zero-order valence-corrected chi connectivity index (χ0v) is 12.7. The van der Waals surface area contributed by atoms with Crippen molar-refractivity contribution in [1.82, 2.24) is 4.90 Å². The summed E-state index contributed by atoms with van der Waals surface area (Å²) in [4.78, 5) is 2.46. The molecule has 0 saturated carbocycles. The number of hydrogen-bond donors (Lipinski definition) is 1. The van der Waals surface area contributed by atoms with Gasteiger partial charge in [0, 0.05) is 32.3 Å². The van der Waals surface area contributed by atoms with Gasteiger partial charge in [0.15, 0.2) is 0 Å². The van der Waals surface area contributed by atoms with Gasteiger partial charge in [0.2, 0.25) is 0 Å². The molecule has 2 rings (SSSR count). The number of rotatable bonds is 5. The van der Waals surface area contributed by atoms with Crippen LogP contribution in [-0.2, 0) is 16.1 Å². The average Bonchev–Trinajstić information content (AvgIpc) is 2.45. The lowest BCUT2D eigenvalue weighted by atomic mass is 9.97. The molecule has 0 spiro atoms. The smallest absolute Gasteiger partial charge is 0.0716 e. The van der Waals surface area contributed by atoms with Crippen molar-refractivity contribution < 1.29 is 9.47 Å². The third-order valence-electron chi connectivity index (χ3n) is 3.99. The molecule has 3 unspecified atom stereocenters. The molecule has 112 valence electrons. The van der Waals surface area contributed by atoms with Gasteiger partial charge in [-0.1, -0.05) is 24.3 Å². The van der Waals surface area contributed by atoms with E-state index in [2.05, 4.69) is 43.0 Å². The summed E-state index contributed by atoms with van der Waals surface area (Å²) in [7, 11) is 1.73. The number of nitrogens with zero attached hydrogens (tertiary/aromatic N) is 1. The summed E-state index contributed by atoms with van der Waals surface area (Å²) in [6.07, 6.45) is 0.259. The SMILES string of the molecule is COCc1ccccc1C(CN)N1CC(C)OCC1C. The molecule has 4 nitrogen and oxygen atoms in total. The maximum Gasteiger partial charge on any atom is 0.0716 e. The van der Waals surface area contributed by atoms with Crippen molar-refractivity contribution in [3.8, 4) is 0 Å². The van der Waals surface area contributed by atoms with Crippen LogP contribution < -0.4 is 5.73 Å².